The van der Waals surface area contributed by atoms with Crippen molar-refractivity contribution in [3.05, 3.63) is 24.0 Å². The Morgan fingerprint density at radius 2 is 1.70 bits per heavy atom. The van der Waals surface area contributed by atoms with Crippen LogP contribution in [0.25, 0.3) is 0 Å². The summed E-state index contributed by atoms with van der Waals surface area (Å²) in [5.74, 6) is 0.0853. The molecule has 0 bridgehead atoms. The van der Waals surface area contributed by atoms with Crippen LogP contribution in [-0.4, -0.2) is 20.8 Å². The summed E-state index contributed by atoms with van der Waals surface area (Å²) in [4.78, 5) is 0.150. The molecule has 0 atom stereocenters. The van der Waals surface area contributed by atoms with E-state index >= 15 is 0 Å². The predicted molar refractivity (Wildman–Crippen MR) is 108 cm³/mol. The third kappa shape index (κ3) is 7.81. The molecule has 0 saturated heterocycles. The first-order valence-electron chi connectivity index (χ1n) is 10.0. The normalized spacial score (nSPS) is 15.8. The zero-order chi connectivity index (χ0) is 20.3. The molecule has 0 amide bonds. The summed E-state index contributed by atoms with van der Waals surface area (Å²) < 4.78 is 45.2. The molecule has 5 heteroatoms. The lowest BCUT2D eigenvalue weighted by atomic mass is 9.85. The van der Waals surface area contributed by atoms with Crippen LogP contribution in [-0.2, 0) is 9.84 Å². The van der Waals surface area contributed by atoms with Crippen molar-refractivity contribution < 1.29 is 17.5 Å². The third-order valence-electron chi connectivity index (χ3n) is 5.04. The Morgan fingerprint density at radius 1 is 1.07 bits per heavy atom. The minimum Gasteiger partial charge on any atom is -0.490 e. The Bertz CT molecular complexity index is 728. The van der Waals surface area contributed by atoms with Gasteiger partial charge in [0, 0.05) is 6.07 Å². The first-order valence-corrected chi connectivity index (χ1v) is 11.7. The average molecular weight is 399 g/mol. The summed E-state index contributed by atoms with van der Waals surface area (Å²) in [6.07, 6.45) is 6.30. The van der Waals surface area contributed by atoms with Crippen molar-refractivity contribution in [3.63, 3.8) is 0 Å². The monoisotopic (exact) mass is 398 g/mol. The zero-order valence-electron chi connectivity index (χ0n) is 17.5. The summed E-state index contributed by atoms with van der Waals surface area (Å²) in [6, 6.07) is 3.90. The maximum Gasteiger partial charge on any atom is 0.179 e. The van der Waals surface area contributed by atoms with Gasteiger partial charge < -0.3 is 4.74 Å². The molecule has 0 aliphatic heterocycles. The highest BCUT2D eigenvalue weighted by Gasteiger charge is 2.29. The van der Waals surface area contributed by atoms with E-state index in [1.165, 1.54) is 18.2 Å². The molecule has 154 valence electrons. The van der Waals surface area contributed by atoms with E-state index in [4.69, 9.17) is 4.74 Å². The van der Waals surface area contributed by atoms with Crippen LogP contribution >= 0.6 is 0 Å². The molecule has 0 aromatic heterocycles. The molecule has 1 aliphatic carbocycles. The third-order valence-corrected chi connectivity index (χ3v) is 7.18. The first-order chi connectivity index (χ1) is 12.4. The van der Waals surface area contributed by atoms with E-state index in [1.807, 2.05) is 13.8 Å². The number of sulfone groups is 1. The maximum atomic E-state index is 13.9. The highest BCUT2D eigenvalue weighted by Crippen LogP contribution is 2.33. The van der Waals surface area contributed by atoms with Crippen molar-refractivity contribution in [2.24, 2.45) is 16.7 Å². The van der Waals surface area contributed by atoms with Gasteiger partial charge in [0.15, 0.2) is 21.4 Å². The van der Waals surface area contributed by atoms with Gasteiger partial charge in [-0.05, 0) is 54.6 Å². The largest absolute Gasteiger partial charge is 0.490 e. The lowest BCUT2D eigenvalue weighted by Crippen LogP contribution is -2.24. The standard InChI is InChI=1S/C22H35FO3S/c1-21(2,3)12-6-7-13-22(4,5)16-27(24,25)18-10-11-19(23)20(14-18)26-15-17-8-9-17/h10-11,14,17H,6-9,12-13,15-16H2,1-5H3. The van der Waals surface area contributed by atoms with Crippen molar-refractivity contribution in [1.29, 1.82) is 0 Å². The average Bonchev–Trinajstić information content (AvgIpc) is 3.33. The fraction of sp³-hybridized carbons (Fsp3) is 0.727. The van der Waals surface area contributed by atoms with E-state index < -0.39 is 15.7 Å². The fourth-order valence-corrected chi connectivity index (χ4v) is 5.11. The Hall–Kier alpha value is -1.10. The molecule has 0 unspecified atom stereocenters. The van der Waals surface area contributed by atoms with Crippen LogP contribution in [0, 0.1) is 22.6 Å². The minimum atomic E-state index is -3.49. The van der Waals surface area contributed by atoms with Crippen LogP contribution in [0.2, 0.25) is 0 Å². The number of hydrogen-bond acceptors (Lipinski definition) is 3. The molecule has 1 saturated carbocycles. The van der Waals surface area contributed by atoms with Gasteiger partial charge >= 0.3 is 0 Å². The zero-order valence-corrected chi connectivity index (χ0v) is 18.3. The number of halogens is 1. The molecule has 1 aromatic rings. The quantitative estimate of drug-likeness (QED) is 0.357. The van der Waals surface area contributed by atoms with Gasteiger partial charge in [-0.25, -0.2) is 12.8 Å². The van der Waals surface area contributed by atoms with Crippen LogP contribution in [0.5, 0.6) is 5.75 Å². The van der Waals surface area contributed by atoms with Crippen molar-refractivity contribution in [3.8, 4) is 5.75 Å². The van der Waals surface area contributed by atoms with Gasteiger partial charge in [0.25, 0.3) is 0 Å². The van der Waals surface area contributed by atoms with Gasteiger partial charge in [0.1, 0.15) is 0 Å². The second-order valence-corrected chi connectivity index (χ2v) is 12.0. The number of ether oxygens (including phenoxy) is 1. The summed E-state index contributed by atoms with van der Waals surface area (Å²) in [6.45, 7) is 11.1. The van der Waals surface area contributed by atoms with Crippen molar-refractivity contribution in [2.75, 3.05) is 12.4 Å². The second-order valence-electron chi connectivity index (χ2n) is 10.0. The molecular formula is C22H35FO3S. The molecule has 0 spiro atoms. The molecule has 3 nitrogen and oxygen atoms in total. The number of benzene rings is 1. The maximum absolute atomic E-state index is 13.9. The van der Waals surface area contributed by atoms with Crippen LogP contribution < -0.4 is 4.74 Å². The van der Waals surface area contributed by atoms with E-state index in [9.17, 15) is 12.8 Å². The lowest BCUT2D eigenvalue weighted by molar-refractivity contribution is 0.284. The molecule has 2 rings (SSSR count). The molecule has 0 radical (unpaired) electrons. The molecular weight excluding hydrogens is 363 g/mol. The predicted octanol–water partition coefficient (Wildman–Crippen LogP) is 6.02. The molecule has 0 N–H and O–H groups in total. The Balaban J connectivity index is 1.98. The van der Waals surface area contributed by atoms with Crippen molar-refractivity contribution in [1.82, 2.24) is 0 Å². The summed E-state index contributed by atoms with van der Waals surface area (Å²) in [5, 5.41) is 0. The van der Waals surface area contributed by atoms with Crippen molar-refractivity contribution >= 4 is 9.84 Å². The Labute approximate surface area is 164 Å². The van der Waals surface area contributed by atoms with Gasteiger partial charge in [-0.3, -0.25) is 0 Å². The minimum absolute atomic E-state index is 0.0472. The van der Waals surface area contributed by atoms with Crippen LogP contribution in [0.1, 0.15) is 73.1 Å². The SMILES string of the molecule is CC(C)(C)CCCCC(C)(C)CS(=O)(=O)c1ccc(F)c(OCC2CC2)c1. The molecule has 1 aromatic carbocycles. The summed E-state index contributed by atoms with van der Waals surface area (Å²) >= 11 is 0. The van der Waals surface area contributed by atoms with Gasteiger partial charge in [-0.15, -0.1) is 0 Å². The molecule has 0 heterocycles. The Morgan fingerprint density at radius 3 is 2.30 bits per heavy atom. The van der Waals surface area contributed by atoms with Crippen LogP contribution in [0.3, 0.4) is 0 Å². The number of unbranched alkanes of at least 4 members (excludes halogenated alkanes) is 1. The van der Waals surface area contributed by atoms with Gasteiger partial charge in [-0.2, -0.15) is 0 Å². The fourth-order valence-electron chi connectivity index (χ4n) is 3.21. The van der Waals surface area contributed by atoms with Crippen molar-refractivity contribution in [2.45, 2.75) is 78.0 Å². The summed E-state index contributed by atoms with van der Waals surface area (Å²) in [7, 11) is -3.49. The highest BCUT2D eigenvalue weighted by molar-refractivity contribution is 7.91. The number of rotatable bonds is 10. The summed E-state index contributed by atoms with van der Waals surface area (Å²) in [5.41, 5.74) is -0.0126. The van der Waals surface area contributed by atoms with E-state index in [2.05, 4.69) is 20.8 Å². The molecule has 27 heavy (non-hydrogen) atoms. The molecule has 1 aliphatic rings. The van der Waals surface area contributed by atoms with Crippen LogP contribution in [0.4, 0.5) is 4.39 Å². The van der Waals surface area contributed by atoms with Gasteiger partial charge in [0.2, 0.25) is 0 Å². The Kier molecular flexibility index (Phi) is 6.99. The van der Waals surface area contributed by atoms with E-state index in [-0.39, 0.29) is 21.8 Å². The topological polar surface area (TPSA) is 43.4 Å². The van der Waals surface area contributed by atoms with Gasteiger partial charge in [-0.1, -0.05) is 47.5 Å². The van der Waals surface area contributed by atoms with E-state index in [0.717, 1.165) is 38.5 Å². The van der Waals surface area contributed by atoms with E-state index in [1.54, 1.807) is 0 Å². The number of hydrogen-bond donors (Lipinski definition) is 0. The second kappa shape index (κ2) is 8.50. The lowest BCUT2D eigenvalue weighted by Gasteiger charge is -2.25. The van der Waals surface area contributed by atoms with E-state index in [0.29, 0.717) is 17.9 Å². The highest BCUT2D eigenvalue weighted by atomic mass is 32.2. The smallest absolute Gasteiger partial charge is 0.179 e. The first kappa shape index (κ1) is 22.2. The van der Waals surface area contributed by atoms with Crippen LogP contribution in [0.15, 0.2) is 23.1 Å². The van der Waals surface area contributed by atoms with Gasteiger partial charge in [0.05, 0.1) is 17.3 Å². The molecule has 1 fully saturated rings.